The van der Waals surface area contributed by atoms with E-state index in [1.54, 1.807) is 0 Å². The first kappa shape index (κ1) is 9.88. The van der Waals surface area contributed by atoms with Crippen LogP contribution in [0.5, 0.6) is 0 Å². The average molecular weight is 215 g/mol. The summed E-state index contributed by atoms with van der Waals surface area (Å²) in [6, 6.07) is 8.97. The fraction of sp³-hybridized carbons (Fsp3) is 0.500. The van der Waals surface area contributed by atoms with Gasteiger partial charge in [0.2, 0.25) is 6.41 Å². The van der Waals surface area contributed by atoms with Crippen molar-refractivity contribution >= 4 is 6.41 Å². The maximum Gasteiger partial charge on any atom is 0.210 e. The molecule has 0 aromatic heterocycles. The van der Waals surface area contributed by atoms with Crippen LogP contribution in [0.25, 0.3) is 0 Å². The number of rotatable bonds is 2. The minimum absolute atomic E-state index is 0.358. The second-order valence-corrected chi connectivity index (χ2v) is 4.93. The minimum atomic E-state index is 0.358. The van der Waals surface area contributed by atoms with Gasteiger partial charge in [0.1, 0.15) is 0 Å². The normalized spacial score (nSPS) is 24.8. The summed E-state index contributed by atoms with van der Waals surface area (Å²) in [5, 5.41) is 0. The van der Waals surface area contributed by atoms with Crippen LogP contribution in [-0.2, 0) is 11.2 Å². The van der Waals surface area contributed by atoms with Crippen molar-refractivity contribution in [2.45, 2.75) is 31.7 Å². The zero-order valence-electron chi connectivity index (χ0n) is 9.43. The maximum atomic E-state index is 11.2. The molecule has 84 valence electrons. The van der Waals surface area contributed by atoms with Gasteiger partial charge in [-0.3, -0.25) is 4.79 Å². The fourth-order valence-electron chi connectivity index (χ4n) is 3.02. The Kier molecular flexibility index (Phi) is 2.43. The largest absolute Gasteiger partial charge is 0.338 e. The molecule has 3 rings (SSSR count). The first-order valence-corrected chi connectivity index (χ1v) is 6.19. The van der Waals surface area contributed by atoms with E-state index in [0.29, 0.717) is 12.0 Å². The van der Waals surface area contributed by atoms with Crippen LogP contribution in [0.4, 0.5) is 0 Å². The van der Waals surface area contributed by atoms with Crippen LogP contribution in [0.1, 0.15) is 36.4 Å². The first-order chi connectivity index (χ1) is 7.90. The van der Waals surface area contributed by atoms with Crippen LogP contribution >= 0.6 is 0 Å². The number of carbonyl (C=O) groups excluding carboxylic acids is 1. The van der Waals surface area contributed by atoms with Gasteiger partial charge in [-0.15, -0.1) is 0 Å². The average Bonchev–Trinajstić information content (AvgIpc) is 2.27. The highest BCUT2D eigenvalue weighted by Gasteiger charge is 2.35. The van der Waals surface area contributed by atoms with Crippen molar-refractivity contribution in [3.05, 3.63) is 35.4 Å². The highest BCUT2D eigenvalue weighted by molar-refractivity contribution is 5.51. The summed E-state index contributed by atoms with van der Waals surface area (Å²) in [6.45, 7) is 0.891. The second-order valence-electron chi connectivity index (χ2n) is 4.93. The van der Waals surface area contributed by atoms with E-state index in [1.165, 1.54) is 30.4 Å². The predicted octanol–water partition coefficient (Wildman–Crippen LogP) is 2.54. The van der Waals surface area contributed by atoms with Crippen LogP contribution in [-0.4, -0.2) is 17.9 Å². The number of hydrogen-bond donors (Lipinski definition) is 0. The number of nitrogens with zero attached hydrogens (tertiary/aromatic N) is 1. The van der Waals surface area contributed by atoms with Gasteiger partial charge in [0.25, 0.3) is 0 Å². The van der Waals surface area contributed by atoms with Gasteiger partial charge in [-0.25, -0.2) is 0 Å². The Hall–Kier alpha value is -1.31. The third kappa shape index (κ3) is 1.44. The van der Waals surface area contributed by atoms with E-state index in [-0.39, 0.29) is 0 Å². The predicted molar refractivity (Wildman–Crippen MR) is 63.0 cm³/mol. The minimum Gasteiger partial charge on any atom is -0.338 e. The molecular formula is C14H17NO. The van der Waals surface area contributed by atoms with Crippen molar-refractivity contribution in [2.24, 2.45) is 5.92 Å². The summed E-state index contributed by atoms with van der Waals surface area (Å²) in [4.78, 5) is 13.2. The smallest absolute Gasteiger partial charge is 0.210 e. The lowest BCUT2D eigenvalue weighted by Gasteiger charge is -2.43. The number of amides is 1. The molecule has 0 bridgehead atoms. The molecule has 0 saturated heterocycles. The first-order valence-electron chi connectivity index (χ1n) is 6.19. The molecule has 1 heterocycles. The third-order valence-corrected chi connectivity index (χ3v) is 4.10. The van der Waals surface area contributed by atoms with Gasteiger partial charge < -0.3 is 4.90 Å². The maximum absolute atomic E-state index is 11.2. The topological polar surface area (TPSA) is 20.3 Å². The van der Waals surface area contributed by atoms with E-state index in [4.69, 9.17) is 0 Å². The van der Waals surface area contributed by atoms with E-state index >= 15 is 0 Å². The van der Waals surface area contributed by atoms with Crippen molar-refractivity contribution in [1.29, 1.82) is 0 Å². The Labute approximate surface area is 96.3 Å². The highest BCUT2D eigenvalue weighted by Crippen LogP contribution is 2.43. The number of benzene rings is 1. The van der Waals surface area contributed by atoms with Crippen molar-refractivity contribution in [1.82, 2.24) is 4.90 Å². The summed E-state index contributed by atoms with van der Waals surface area (Å²) in [6.07, 6.45) is 5.94. The molecule has 0 N–H and O–H groups in total. The molecule has 0 spiro atoms. The Balaban J connectivity index is 1.99. The number of hydrogen-bond acceptors (Lipinski definition) is 1. The van der Waals surface area contributed by atoms with Gasteiger partial charge in [0.15, 0.2) is 0 Å². The van der Waals surface area contributed by atoms with E-state index in [2.05, 4.69) is 24.3 Å². The molecule has 1 aliphatic carbocycles. The zero-order chi connectivity index (χ0) is 11.0. The third-order valence-electron chi connectivity index (χ3n) is 4.10. The fourth-order valence-corrected chi connectivity index (χ4v) is 3.02. The molecule has 2 nitrogen and oxygen atoms in total. The van der Waals surface area contributed by atoms with Crippen molar-refractivity contribution < 1.29 is 4.79 Å². The molecule has 0 radical (unpaired) electrons. The molecule has 16 heavy (non-hydrogen) atoms. The van der Waals surface area contributed by atoms with Crippen LogP contribution in [0.3, 0.4) is 0 Å². The molecule has 1 aromatic rings. The second kappa shape index (κ2) is 3.93. The molecule has 1 aromatic carbocycles. The lowest BCUT2D eigenvalue weighted by atomic mass is 9.74. The number of carbonyl (C=O) groups is 1. The van der Waals surface area contributed by atoms with Gasteiger partial charge in [-0.1, -0.05) is 30.7 Å². The van der Waals surface area contributed by atoms with E-state index < -0.39 is 0 Å². The Morgan fingerprint density at radius 1 is 1.25 bits per heavy atom. The highest BCUT2D eigenvalue weighted by atomic mass is 16.1. The molecular weight excluding hydrogens is 198 g/mol. The summed E-state index contributed by atoms with van der Waals surface area (Å²) in [5.41, 5.74) is 2.84. The quantitative estimate of drug-likeness (QED) is 0.694. The lowest BCUT2D eigenvalue weighted by Crippen LogP contribution is -2.40. The Morgan fingerprint density at radius 2 is 2.06 bits per heavy atom. The van der Waals surface area contributed by atoms with Crippen LogP contribution in [0.2, 0.25) is 0 Å². The monoisotopic (exact) mass is 215 g/mol. The summed E-state index contributed by atoms with van der Waals surface area (Å²) < 4.78 is 0. The lowest BCUT2D eigenvalue weighted by molar-refractivity contribution is -0.122. The van der Waals surface area contributed by atoms with E-state index in [0.717, 1.165) is 19.4 Å². The van der Waals surface area contributed by atoms with E-state index in [1.807, 2.05) is 4.90 Å². The Morgan fingerprint density at radius 3 is 2.75 bits per heavy atom. The molecule has 1 aliphatic heterocycles. The van der Waals surface area contributed by atoms with Gasteiger partial charge >= 0.3 is 0 Å². The molecule has 2 heteroatoms. The molecule has 1 fully saturated rings. The van der Waals surface area contributed by atoms with Crippen molar-refractivity contribution in [3.63, 3.8) is 0 Å². The van der Waals surface area contributed by atoms with Crippen molar-refractivity contribution in [3.8, 4) is 0 Å². The summed E-state index contributed by atoms with van der Waals surface area (Å²) >= 11 is 0. The molecule has 2 aliphatic rings. The standard InChI is InChI=1S/C14H17NO/c16-10-15-9-8-11-4-1-2-7-13(11)14(15)12-5-3-6-12/h1-2,4,7,10,12,14H,3,5-6,8-9H2. The molecule has 1 saturated carbocycles. The molecule has 1 unspecified atom stereocenters. The molecule has 1 amide bonds. The zero-order valence-corrected chi connectivity index (χ0v) is 9.43. The van der Waals surface area contributed by atoms with Gasteiger partial charge in [0, 0.05) is 6.54 Å². The summed E-state index contributed by atoms with van der Waals surface area (Å²) in [5.74, 6) is 0.701. The SMILES string of the molecule is O=CN1CCc2ccccc2C1C1CCC1. The molecule has 1 atom stereocenters. The van der Waals surface area contributed by atoms with E-state index in [9.17, 15) is 4.79 Å². The van der Waals surface area contributed by atoms with Gasteiger partial charge in [0.05, 0.1) is 6.04 Å². The van der Waals surface area contributed by atoms with Gasteiger partial charge in [-0.2, -0.15) is 0 Å². The summed E-state index contributed by atoms with van der Waals surface area (Å²) in [7, 11) is 0. The Bertz CT molecular complexity index is 397. The number of fused-ring (bicyclic) bond motifs is 1. The van der Waals surface area contributed by atoms with Crippen LogP contribution < -0.4 is 0 Å². The van der Waals surface area contributed by atoms with Crippen molar-refractivity contribution in [2.75, 3.05) is 6.54 Å². The van der Waals surface area contributed by atoms with Gasteiger partial charge in [-0.05, 0) is 36.3 Å². The van der Waals surface area contributed by atoms with Crippen LogP contribution in [0, 0.1) is 5.92 Å². The van der Waals surface area contributed by atoms with Crippen LogP contribution in [0.15, 0.2) is 24.3 Å².